The normalized spacial score (nSPS) is 10.1. The van der Waals surface area contributed by atoms with Crippen LogP contribution in [-0.2, 0) is 4.74 Å². The third kappa shape index (κ3) is 11.9. The van der Waals surface area contributed by atoms with Crippen LogP contribution < -0.4 is 0 Å². The van der Waals surface area contributed by atoms with Crippen molar-refractivity contribution in [3.8, 4) is 0 Å². The van der Waals surface area contributed by atoms with Gasteiger partial charge in [-0.15, -0.1) is 0 Å². The highest BCUT2D eigenvalue weighted by Crippen LogP contribution is 2.08. The Kier molecular flexibility index (Phi) is 10.9. The van der Waals surface area contributed by atoms with Crippen LogP contribution in [-0.4, -0.2) is 11.7 Å². The van der Waals surface area contributed by atoms with Crippen LogP contribution in [0.3, 0.4) is 0 Å². The highest BCUT2D eigenvalue weighted by atomic mass is 32.1. The molecule has 0 saturated heterocycles. The Balaban J connectivity index is 2.88. The largest absolute Gasteiger partial charge is 0.487 e. The number of ether oxygens (including phenoxy) is 1. The molecule has 0 N–H and O–H groups in total. The first-order valence-corrected chi connectivity index (χ1v) is 6.31. The molecule has 0 amide bonds. The van der Waals surface area contributed by atoms with Crippen molar-refractivity contribution in [2.75, 3.05) is 6.61 Å². The van der Waals surface area contributed by atoms with E-state index in [2.05, 4.69) is 6.92 Å². The Morgan fingerprint density at radius 1 is 0.929 bits per heavy atom. The average Bonchev–Trinajstić information content (AvgIpc) is 2.15. The van der Waals surface area contributed by atoms with E-state index in [1.807, 2.05) is 6.92 Å². The van der Waals surface area contributed by atoms with E-state index in [0.29, 0.717) is 5.05 Å². The lowest BCUT2D eigenvalue weighted by atomic mass is 10.1. The van der Waals surface area contributed by atoms with Crippen molar-refractivity contribution in [3.05, 3.63) is 0 Å². The van der Waals surface area contributed by atoms with Gasteiger partial charge in [-0.25, -0.2) is 0 Å². The molecule has 0 radical (unpaired) electrons. The zero-order valence-corrected chi connectivity index (χ0v) is 10.5. The van der Waals surface area contributed by atoms with E-state index in [0.717, 1.165) is 13.0 Å². The lowest BCUT2D eigenvalue weighted by molar-refractivity contribution is 0.297. The minimum Gasteiger partial charge on any atom is -0.487 e. The first-order valence-electron chi connectivity index (χ1n) is 5.90. The molecule has 2 heteroatoms. The van der Waals surface area contributed by atoms with Crippen LogP contribution in [0.2, 0.25) is 0 Å². The van der Waals surface area contributed by atoms with Gasteiger partial charge in [-0.3, -0.25) is 0 Å². The van der Waals surface area contributed by atoms with Crippen molar-refractivity contribution < 1.29 is 4.74 Å². The van der Waals surface area contributed by atoms with Crippen molar-refractivity contribution in [1.29, 1.82) is 0 Å². The molecule has 0 aromatic rings. The molecule has 0 fully saturated rings. The molecule has 0 rings (SSSR count). The monoisotopic (exact) mass is 216 g/mol. The molecule has 0 bridgehead atoms. The first-order chi connectivity index (χ1) is 6.77. The summed E-state index contributed by atoms with van der Waals surface area (Å²) in [6.45, 7) is 4.90. The molecule has 1 nitrogen and oxygen atoms in total. The summed E-state index contributed by atoms with van der Waals surface area (Å²) in [5.74, 6) is 0. The van der Waals surface area contributed by atoms with E-state index >= 15 is 0 Å². The quantitative estimate of drug-likeness (QED) is 0.415. The predicted molar refractivity (Wildman–Crippen MR) is 66.8 cm³/mol. The molecule has 84 valence electrons. The molecule has 0 aromatic heterocycles. The molecular weight excluding hydrogens is 192 g/mol. The summed E-state index contributed by atoms with van der Waals surface area (Å²) in [6, 6.07) is 0. The number of hydrogen-bond donors (Lipinski definition) is 0. The number of hydrogen-bond acceptors (Lipinski definition) is 2. The predicted octanol–water partition coefficient (Wildman–Crippen LogP) is 4.49. The van der Waals surface area contributed by atoms with Crippen LogP contribution in [0.1, 0.15) is 65.2 Å². The lowest BCUT2D eigenvalue weighted by Gasteiger charge is -2.03. The minimum atomic E-state index is 0.674. The van der Waals surface area contributed by atoms with Crippen LogP contribution in [0.4, 0.5) is 0 Å². The second-order valence-corrected chi connectivity index (χ2v) is 4.39. The maximum Gasteiger partial charge on any atom is 0.156 e. The SMILES string of the molecule is CCCCCCCCCCOC(C)=S. The topological polar surface area (TPSA) is 9.23 Å². The van der Waals surface area contributed by atoms with Crippen LogP contribution >= 0.6 is 12.2 Å². The highest BCUT2D eigenvalue weighted by Gasteiger charge is 1.92. The molecule has 0 aliphatic carbocycles. The fourth-order valence-corrected chi connectivity index (χ4v) is 1.54. The van der Waals surface area contributed by atoms with Gasteiger partial charge >= 0.3 is 0 Å². The molecular formula is C12H24OS. The summed E-state index contributed by atoms with van der Waals surface area (Å²) >= 11 is 4.82. The van der Waals surface area contributed by atoms with Gasteiger partial charge in [0.15, 0.2) is 5.05 Å². The van der Waals surface area contributed by atoms with Gasteiger partial charge in [0.05, 0.1) is 6.61 Å². The van der Waals surface area contributed by atoms with Gasteiger partial charge in [0, 0.05) is 6.92 Å². The average molecular weight is 216 g/mol. The molecule has 0 unspecified atom stereocenters. The summed E-state index contributed by atoms with van der Waals surface area (Å²) in [7, 11) is 0. The first kappa shape index (κ1) is 13.9. The maximum atomic E-state index is 5.22. The fourth-order valence-electron chi connectivity index (χ4n) is 1.45. The molecule has 0 aliphatic heterocycles. The zero-order chi connectivity index (χ0) is 10.6. The summed E-state index contributed by atoms with van der Waals surface area (Å²) in [4.78, 5) is 0. The van der Waals surface area contributed by atoms with Crippen LogP contribution in [0.5, 0.6) is 0 Å². The molecule has 0 saturated carbocycles. The van der Waals surface area contributed by atoms with Crippen molar-refractivity contribution in [1.82, 2.24) is 0 Å². The minimum absolute atomic E-state index is 0.674. The summed E-state index contributed by atoms with van der Waals surface area (Å²) in [5, 5.41) is 0.674. The lowest BCUT2D eigenvalue weighted by Crippen LogP contribution is -1.97. The third-order valence-electron chi connectivity index (χ3n) is 2.30. The van der Waals surface area contributed by atoms with Gasteiger partial charge in [-0.05, 0) is 18.6 Å². The van der Waals surface area contributed by atoms with Gasteiger partial charge in [0.25, 0.3) is 0 Å². The Hall–Kier alpha value is -0.110. The maximum absolute atomic E-state index is 5.22. The number of thiocarbonyl (C=S) groups is 1. The summed E-state index contributed by atoms with van der Waals surface area (Å²) in [5.41, 5.74) is 0. The summed E-state index contributed by atoms with van der Waals surface area (Å²) < 4.78 is 5.22. The molecule has 0 spiro atoms. The second-order valence-electron chi connectivity index (χ2n) is 3.81. The highest BCUT2D eigenvalue weighted by molar-refractivity contribution is 7.80. The van der Waals surface area contributed by atoms with Crippen molar-refractivity contribution in [2.24, 2.45) is 0 Å². The van der Waals surface area contributed by atoms with E-state index in [-0.39, 0.29) is 0 Å². The van der Waals surface area contributed by atoms with Gasteiger partial charge in [-0.2, -0.15) is 0 Å². The summed E-state index contributed by atoms with van der Waals surface area (Å²) in [6.07, 6.45) is 10.7. The number of rotatable bonds is 9. The molecule has 0 heterocycles. The molecule has 0 atom stereocenters. The standard InChI is InChI=1S/C12H24OS/c1-3-4-5-6-7-8-9-10-11-13-12(2)14/h3-11H2,1-2H3. The van der Waals surface area contributed by atoms with E-state index in [9.17, 15) is 0 Å². The Morgan fingerprint density at radius 2 is 1.43 bits per heavy atom. The van der Waals surface area contributed by atoms with E-state index in [4.69, 9.17) is 17.0 Å². The van der Waals surface area contributed by atoms with Crippen molar-refractivity contribution in [2.45, 2.75) is 65.2 Å². The Morgan fingerprint density at radius 3 is 1.93 bits per heavy atom. The second kappa shape index (κ2) is 11.0. The van der Waals surface area contributed by atoms with Crippen molar-refractivity contribution in [3.63, 3.8) is 0 Å². The van der Waals surface area contributed by atoms with Gasteiger partial charge in [0.2, 0.25) is 0 Å². The smallest absolute Gasteiger partial charge is 0.156 e. The number of unbranched alkanes of at least 4 members (excludes halogenated alkanes) is 7. The van der Waals surface area contributed by atoms with Gasteiger partial charge < -0.3 is 4.74 Å². The van der Waals surface area contributed by atoms with Crippen LogP contribution in [0, 0.1) is 0 Å². The van der Waals surface area contributed by atoms with E-state index in [1.54, 1.807) is 0 Å². The van der Waals surface area contributed by atoms with Gasteiger partial charge in [0.1, 0.15) is 0 Å². The molecule has 0 aromatic carbocycles. The third-order valence-corrected chi connectivity index (χ3v) is 2.42. The van der Waals surface area contributed by atoms with E-state index < -0.39 is 0 Å². The van der Waals surface area contributed by atoms with Crippen LogP contribution in [0.25, 0.3) is 0 Å². The zero-order valence-electron chi connectivity index (χ0n) is 9.68. The van der Waals surface area contributed by atoms with E-state index in [1.165, 1.54) is 44.9 Å². The Labute approximate surface area is 94.2 Å². The van der Waals surface area contributed by atoms with Crippen molar-refractivity contribution >= 4 is 17.3 Å². The molecule has 14 heavy (non-hydrogen) atoms. The van der Waals surface area contributed by atoms with Crippen LogP contribution in [0.15, 0.2) is 0 Å². The molecule has 0 aliphatic rings. The fraction of sp³-hybridized carbons (Fsp3) is 0.917. The Bertz CT molecular complexity index is 134. The van der Waals surface area contributed by atoms with Gasteiger partial charge in [-0.1, -0.05) is 51.9 Å².